The molecule has 0 atom stereocenters. The molecule has 1 N–H and O–H groups in total. The summed E-state index contributed by atoms with van der Waals surface area (Å²) in [7, 11) is 0. The summed E-state index contributed by atoms with van der Waals surface area (Å²) in [5, 5.41) is 8.53. The number of rotatable bonds is 5. The Bertz CT molecular complexity index is 1570. The number of carbonyl (C=O) groups excluding carboxylic acids is 1. The van der Waals surface area contributed by atoms with E-state index in [4.69, 9.17) is 21.1 Å². The summed E-state index contributed by atoms with van der Waals surface area (Å²) in [5.41, 5.74) is 2.81. The zero-order valence-electron chi connectivity index (χ0n) is 19.8. The Labute approximate surface area is 217 Å². The van der Waals surface area contributed by atoms with Crippen LogP contribution < -0.4 is 9.64 Å². The molecule has 36 heavy (non-hydrogen) atoms. The van der Waals surface area contributed by atoms with Crippen LogP contribution in [0.1, 0.15) is 20.9 Å². The average molecular weight is 519 g/mol. The summed E-state index contributed by atoms with van der Waals surface area (Å²) in [6.07, 6.45) is 0. The van der Waals surface area contributed by atoms with Gasteiger partial charge in [0.05, 0.1) is 30.2 Å². The Morgan fingerprint density at radius 2 is 1.86 bits per heavy atom. The highest BCUT2D eigenvalue weighted by molar-refractivity contribution is 7.20. The van der Waals surface area contributed by atoms with Gasteiger partial charge in [-0.15, -0.1) is 11.3 Å². The molecule has 0 amide bonds. The number of nitrogens with one attached hydrogen (secondary N) is 1. The summed E-state index contributed by atoms with van der Waals surface area (Å²) in [5.74, 6) is 0.262. The Morgan fingerprint density at radius 3 is 2.67 bits per heavy atom. The molecule has 3 heterocycles. The molecule has 2 aromatic heterocycles. The van der Waals surface area contributed by atoms with Crippen LogP contribution in [-0.2, 0) is 11.3 Å². The van der Waals surface area contributed by atoms with E-state index in [9.17, 15) is 4.79 Å². The second kappa shape index (κ2) is 9.67. The van der Waals surface area contributed by atoms with Gasteiger partial charge >= 0.3 is 5.97 Å². The Balaban J connectivity index is 1.34. The first kappa shape index (κ1) is 23.2. The van der Waals surface area contributed by atoms with Crippen molar-refractivity contribution in [1.82, 2.24) is 9.78 Å². The van der Waals surface area contributed by atoms with Crippen molar-refractivity contribution in [2.45, 2.75) is 13.5 Å². The van der Waals surface area contributed by atoms with Crippen molar-refractivity contribution in [2.24, 2.45) is 0 Å². The van der Waals surface area contributed by atoms with E-state index >= 15 is 0 Å². The quantitative estimate of drug-likeness (QED) is 0.267. The molecule has 5 aromatic rings. The van der Waals surface area contributed by atoms with Gasteiger partial charge in [-0.1, -0.05) is 41.9 Å². The predicted molar refractivity (Wildman–Crippen MR) is 143 cm³/mol. The SMILES string of the molecule is Cc1nn(-c2ccc(Cl)cc2)c2sc(C(=O)Oc3ccc4ccccc4c3C[NH+]3CCOCC3)cc12. The van der Waals surface area contributed by atoms with E-state index in [0.29, 0.717) is 15.6 Å². The number of aryl methyl sites for hydroxylation is 1. The number of quaternary nitrogens is 1. The van der Waals surface area contributed by atoms with Crippen LogP contribution >= 0.6 is 22.9 Å². The fourth-order valence-electron chi connectivity index (χ4n) is 4.74. The van der Waals surface area contributed by atoms with Crippen molar-refractivity contribution >= 4 is 49.9 Å². The van der Waals surface area contributed by atoms with E-state index in [1.54, 1.807) is 0 Å². The van der Waals surface area contributed by atoms with E-state index in [1.807, 2.05) is 66.2 Å². The third-order valence-corrected chi connectivity index (χ3v) is 7.99. The molecule has 0 radical (unpaired) electrons. The molecule has 0 bridgehead atoms. The molecule has 1 saturated heterocycles. The zero-order valence-corrected chi connectivity index (χ0v) is 21.4. The molecule has 6 nitrogen and oxygen atoms in total. The number of thiophene rings is 1. The number of nitrogens with zero attached hydrogens (tertiary/aromatic N) is 2. The van der Waals surface area contributed by atoms with E-state index in [1.165, 1.54) is 16.2 Å². The lowest BCUT2D eigenvalue weighted by Crippen LogP contribution is -3.12. The molecular weight excluding hydrogens is 494 g/mol. The normalized spacial score (nSPS) is 14.5. The van der Waals surface area contributed by atoms with Crippen LogP contribution in [0.2, 0.25) is 5.02 Å². The third-order valence-electron chi connectivity index (χ3n) is 6.64. The number of hydrogen-bond acceptors (Lipinski definition) is 5. The number of ether oxygens (including phenoxy) is 2. The number of aromatic nitrogens is 2. The number of carbonyl (C=O) groups is 1. The first-order valence-electron chi connectivity index (χ1n) is 12.0. The van der Waals surface area contributed by atoms with Crippen molar-refractivity contribution in [3.63, 3.8) is 0 Å². The number of halogens is 1. The van der Waals surface area contributed by atoms with Gasteiger partial charge in [0.25, 0.3) is 0 Å². The van der Waals surface area contributed by atoms with Crippen LogP contribution in [-0.4, -0.2) is 42.1 Å². The van der Waals surface area contributed by atoms with Crippen LogP contribution in [0.3, 0.4) is 0 Å². The van der Waals surface area contributed by atoms with Gasteiger partial charge < -0.3 is 14.4 Å². The summed E-state index contributed by atoms with van der Waals surface area (Å²) < 4.78 is 13.5. The third kappa shape index (κ3) is 4.40. The fourth-order valence-corrected chi connectivity index (χ4v) is 5.92. The highest BCUT2D eigenvalue weighted by atomic mass is 35.5. The first-order chi connectivity index (χ1) is 17.6. The van der Waals surface area contributed by atoms with E-state index in [-0.39, 0.29) is 5.97 Å². The molecule has 0 saturated carbocycles. The fraction of sp³-hybridized carbons (Fsp3) is 0.214. The predicted octanol–water partition coefficient (Wildman–Crippen LogP) is 4.84. The van der Waals surface area contributed by atoms with Gasteiger partial charge in [-0.3, -0.25) is 0 Å². The van der Waals surface area contributed by atoms with Crippen LogP contribution in [0.15, 0.2) is 66.7 Å². The summed E-state index contributed by atoms with van der Waals surface area (Å²) >= 11 is 7.45. The monoisotopic (exact) mass is 518 g/mol. The molecule has 1 aliphatic heterocycles. The van der Waals surface area contributed by atoms with Crippen molar-refractivity contribution in [2.75, 3.05) is 26.3 Å². The molecule has 6 rings (SSSR count). The number of esters is 1. The second-order valence-electron chi connectivity index (χ2n) is 9.00. The summed E-state index contributed by atoms with van der Waals surface area (Å²) in [6.45, 7) is 6.11. The smallest absolute Gasteiger partial charge is 0.353 e. The molecular formula is C28H25ClN3O3S+. The highest BCUT2D eigenvalue weighted by Gasteiger charge is 2.23. The van der Waals surface area contributed by atoms with Crippen LogP contribution in [0.25, 0.3) is 26.7 Å². The van der Waals surface area contributed by atoms with Crippen LogP contribution in [0, 0.1) is 6.92 Å². The molecule has 1 aliphatic rings. The lowest BCUT2D eigenvalue weighted by atomic mass is 10.0. The number of benzene rings is 3. The van der Waals surface area contributed by atoms with Gasteiger partial charge in [0, 0.05) is 10.4 Å². The molecule has 0 unspecified atom stereocenters. The van der Waals surface area contributed by atoms with Crippen molar-refractivity contribution in [3.8, 4) is 11.4 Å². The number of hydrogen-bond donors (Lipinski definition) is 1. The standard InChI is InChI=1S/C28H24ClN3O3S/c1-18-23-16-26(36-27(23)32(30-18)21-9-7-20(29)8-10-21)28(33)35-25-11-6-19-4-2-3-5-22(19)24(25)17-31-12-14-34-15-13-31/h2-11,16H,12-15,17H2,1H3/p+1. The topological polar surface area (TPSA) is 57.8 Å². The van der Waals surface area contributed by atoms with E-state index in [2.05, 4.69) is 17.2 Å². The summed E-state index contributed by atoms with van der Waals surface area (Å²) in [6, 6.07) is 21.6. The van der Waals surface area contributed by atoms with Crippen LogP contribution in [0.5, 0.6) is 5.75 Å². The molecule has 0 spiro atoms. The first-order valence-corrected chi connectivity index (χ1v) is 13.2. The zero-order chi connectivity index (χ0) is 24.6. The number of fused-ring (bicyclic) bond motifs is 2. The summed E-state index contributed by atoms with van der Waals surface area (Å²) in [4.78, 5) is 16.3. The van der Waals surface area contributed by atoms with Crippen LogP contribution in [0.4, 0.5) is 0 Å². The number of morpholine rings is 1. The van der Waals surface area contributed by atoms with Gasteiger partial charge in [0.2, 0.25) is 0 Å². The molecule has 1 fully saturated rings. The van der Waals surface area contributed by atoms with Gasteiger partial charge in [-0.2, -0.15) is 5.10 Å². The lowest BCUT2D eigenvalue weighted by Gasteiger charge is -2.25. The minimum absolute atomic E-state index is 0.355. The van der Waals surface area contributed by atoms with E-state index < -0.39 is 0 Å². The largest absolute Gasteiger partial charge is 0.422 e. The van der Waals surface area contributed by atoms with Crippen molar-refractivity contribution in [1.29, 1.82) is 0 Å². The Kier molecular flexibility index (Phi) is 6.23. The second-order valence-corrected chi connectivity index (χ2v) is 10.5. The Morgan fingerprint density at radius 1 is 1.08 bits per heavy atom. The highest BCUT2D eigenvalue weighted by Crippen LogP contribution is 2.33. The minimum Gasteiger partial charge on any atom is -0.422 e. The minimum atomic E-state index is -0.355. The van der Waals surface area contributed by atoms with E-state index in [0.717, 1.165) is 70.8 Å². The van der Waals surface area contributed by atoms with Gasteiger partial charge in [0.1, 0.15) is 35.1 Å². The Hall–Kier alpha value is -3.23. The molecule has 3 aromatic carbocycles. The average Bonchev–Trinajstić information content (AvgIpc) is 3.47. The molecule has 8 heteroatoms. The van der Waals surface area contributed by atoms with Crippen molar-refractivity contribution in [3.05, 3.63) is 87.9 Å². The van der Waals surface area contributed by atoms with Gasteiger partial charge in [-0.05, 0) is 54.1 Å². The maximum atomic E-state index is 13.4. The lowest BCUT2D eigenvalue weighted by molar-refractivity contribution is -0.921. The van der Waals surface area contributed by atoms with Gasteiger partial charge in [-0.25, -0.2) is 9.48 Å². The van der Waals surface area contributed by atoms with Gasteiger partial charge in [0.15, 0.2) is 0 Å². The maximum absolute atomic E-state index is 13.4. The maximum Gasteiger partial charge on any atom is 0.353 e. The molecule has 182 valence electrons. The molecule has 0 aliphatic carbocycles. The van der Waals surface area contributed by atoms with Crippen molar-refractivity contribution < 1.29 is 19.2 Å².